The second-order valence-corrected chi connectivity index (χ2v) is 28.4. The molecule has 5 heteroatoms. The van der Waals surface area contributed by atoms with Crippen LogP contribution >= 0.6 is 0 Å². The second kappa shape index (κ2) is 11.4. The van der Waals surface area contributed by atoms with Gasteiger partial charge in [-0.1, -0.05) is 62.3 Å². The average molecular weight is 605 g/mol. The van der Waals surface area contributed by atoms with Gasteiger partial charge in [-0.05, 0) is 140 Å². The Bertz CT molecular complexity index is 932. The van der Waals surface area contributed by atoms with E-state index in [-0.39, 0.29) is 10.1 Å². The number of fused-ring (bicyclic) bond motifs is 5. The first-order chi connectivity index (χ1) is 18.7. The lowest BCUT2D eigenvalue weighted by Gasteiger charge is -2.64. The van der Waals surface area contributed by atoms with Gasteiger partial charge >= 0.3 is 0 Å². The first kappa shape index (κ1) is 33.9. The normalized spacial score (nSPS) is 40.9. The van der Waals surface area contributed by atoms with E-state index in [2.05, 4.69) is 88.5 Å². The molecule has 238 valence electrons. The van der Waals surface area contributed by atoms with Gasteiger partial charge in [-0.15, -0.1) is 0 Å². The van der Waals surface area contributed by atoms with Crippen LogP contribution in [0.2, 0.25) is 36.3 Å². The van der Waals surface area contributed by atoms with Crippen LogP contribution in [0.3, 0.4) is 0 Å². The fourth-order valence-corrected chi connectivity index (χ4v) is 12.9. The van der Waals surface area contributed by atoms with Crippen molar-refractivity contribution in [3.8, 4) is 0 Å². The van der Waals surface area contributed by atoms with Crippen LogP contribution in [0.5, 0.6) is 0 Å². The molecule has 0 amide bonds. The third-order valence-electron chi connectivity index (χ3n) is 14.6. The lowest BCUT2D eigenvalue weighted by atomic mass is 9.43. The highest BCUT2D eigenvalue weighted by Gasteiger charge is 2.63. The van der Waals surface area contributed by atoms with Gasteiger partial charge in [-0.25, -0.2) is 0 Å². The lowest BCUT2D eigenvalue weighted by Crippen LogP contribution is -2.61. The highest BCUT2D eigenvalue weighted by Crippen LogP contribution is 2.69. The molecular formula is C36H68O3Si2. The molecule has 0 radical (unpaired) electrons. The summed E-state index contributed by atoms with van der Waals surface area (Å²) in [5, 5.41) is 0.470. The maximum absolute atomic E-state index is 11.2. The highest BCUT2D eigenvalue weighted by molar-refractivity contribution is 6.74. The van der Waals surface area contributed by atoms with Gasteiger partial charge in [0.15, 0.2) is 16.6 Å². The third kappa shape index (κ3) is 6.15. The molecule has 4 rings (SSSR count). The lowest BCUT2D eigenvalue weighted by molar-refractivity contribution is -0.167. The molecule has 4 aliphatic carbocycles. The zero-order valence-electron chi connectivity index (χ0n) is 29.5. The predicted octanol–water partition coefficient (Wildman–Crippen LogP) is 10.7. The van der Waals surface area contributed by atoms with Crippen LogP contribution in [0.1, 0.15) is 127 Å². The number of carbonyl (C=O) groups is 1. The van der Waals surface area contributed by atoms with E-state index in [0.717, 1.165) is 42.8 Å². The summed E-state index contributed by atoms with van der Waals surface area (Å²) in [7, 11) is -3.74. The van der Waals surface area contributed by atoms with Gasteiger partial charge in [0, 0.05) is 18.6 Å². The standard InChI is InChI=1S/C36H68O3Si2/c1-25(15-14-22-37)28-16-17-29-27-24-32(39-41(12,13)34(5,6)7)31-23-26(38-40(10,11)33(2,3)4)18-20-36(31,9)30(27)19-21-35(28,29)8/h22,25-32H,14-21,23-24H2,1-13H3/t25-,26-,27+,28-,29+,30+,31+,32+,35-,36-/m1/s1. The fourth-order valence-electron chi connectivity index (χ4n) is 10.1. The van der Waals surface area contributed by atoms with E-state index in [1.54, 1.807) is 0 Å². The van der Waals surface area contributed by atoms with Crippen molar-refractivity contribution in [3.05, 3.63) is 0 Å². The van der Waals surface area contributed by atoms with Crippen molar-refractivity contribution in [2.45, 2.75) is 175 Å². The Balaban J connectivity index is 1.65. The Morgan fingerprint density at radius 2 is 1.34 bits per heavy atom. The molecule has 0 unspecified atom stereocenters. The first-order valence-electron chi connectivity index (χ1n) is 17.5. The minimum absolute atomic E-state index is 0.222. The van der Waals surface area contributed by atoms with E-state index in [4.69, 9.17) is 8.85 Å². The molecule has 0 heterocycles. The summed E-state index contributed by atoms with van der Waals surface area (Å²) in [4.78, 5) is 11.2. The van der Waals surface area contributed by atoms with Crippen LogP contribution in [-0.2, 0) is 13.6 Å². The van der Waals surface area contributed by atoms with Crippen LogP contribution in [0.15, 0.2) is 0 Å². The van der Waals surface area contributed by atoms with E-state index in [1.165, 1.54) is 51.4 Å². The van der Waals surface area contributed by atoms with E-state index in [9.17, 15) is 4.79 Å². The zero-order chi connectivity index (χ0) is 30.8. The molecule has 0 aromatic rings. The average Bonchev–Trinajstić information content (AvgIpc) is 3.19. The summed E-state index contributed by atoms with van der Waals surface area (Å²) in [6.07, 6.45) is 14.2. The molecule has 0 bridgehead atoms. The molecule has 0 spiro atoms. The minimum atomic E-state index is -1.92. The van der Waals surface area contributed by atoms with Gasteiger partial charge in [-0.2, -0.15) is 0 Å². The van der Waals surface area contributed by atoms with Crippen LogP contribution in [-0.4, -0.2) is 35.1 Å². The molecule has 0 saturated heterocycles. The number of aldehydes is 1. The summed E-state index contributed by atoms with van der Waals surface area (Å²) < 4.78 is 14.7. The van der Waals surface area contributed by atoms with E-state index in [0.29, 0.717) is 34.9 Å². The monoisotopic (exact) mass is 604 g/mol. The smallest absolute Gasteiger partial charge is 0.192 e. The Kier molecular flexibility index (Phi) is 9.45. The largest absolute Gasteiger partial charge is 0.414 e. The van der Waals surface area contributed by atoms with Crippen molar-refractivity contribution < 1.29 is 13.6 Å². The molecule has 4 aliphatic rings. The van der Waals surface area contributed by atoms with Gasteiger partial charge in [0.2, 0.25) is 0 Å². The summed E-state index contributed by atoms with van der Waals surface area (Å²) >= 11 is 0. The maximum atomic E-state index is 11.2. The van der Waals surface area contributed by atoms with Gasteiger partial charge in [-0.3, -0.25) is 0 Å². The molecular weight excluding hydrogens is 537 g/mol. The molecule has 4 saturated carbocycles. The number of hydrogen-bond acceptors (Lipinski definition) is 3. The van der Waals surface area contributed by atoms with Crippen molar-refractivity contribution in [1.82, 2.24) is 0 Å². The summed E-state index contributed by atoms with van der Waals surface area (Å²) in [6.45, 7) is 32.0. The van der Waals surface area contributed by atoms with Crippen LogP contribution < -0.4 is 0 Å². The zero-order valence-corrected chi connectivity index (χ0v) is 31.5. The predicted molar refractivity (Wildman–Crippen MR) is 179 cm³/mol. The molecule has 0 aromatic heterocycles. The SMILES string of the molecule is C[C@H](CCC=O)[C@H]1CC[C@H]2[C@@H]3C[C@H](O[Si](C)(C)C(C)(C)C)[C@@H]4C[C@H](O[Si](C)(C)C(C)(C)C)CC[C@]4(C)[C@H]3CC[C@]12C. The summed E-state index contributed by atoms with van der Waals surface area (Å²) in [5.74, 6) is 4.45. The van der Waals surface area contributed by atoms with Gasteiger partial charge in [0.1, 0.15) is 6.29 Å². The minimum Gasteiger partial charge on any atom is -0.414 e. The van der Waals surface area contributed by atoms with E-state index in [1.807, 2.05) is 0 Å². The molecule has 0 N–H and O–H groups in total. The Labute approximate surface area is 257 Å². The molecule has 41 heavy (non-hydrogen) atoms. The Hall–Kier alpha value is 0.0238. The molecule has 10 atom stereocenters. The second-order valence-electron chi connectivity index (χ2n) is 18.9. The first-order valence-corrected chi connectivity index (χ1v) is 23.3. The topological polar surface area (TPSA) is 35.5 Å². The maximum Gasteiger partial charge on any atom is 0.192 e. The fraction of sp³-hybridized carbons (Fsp3) is 0.972. The quantitative estimate of drug-likeness (QED) is 0.204. The number of rotatable bonds is 8. The Morgan fingerprint density at radius 1 is 0.780 bits per heavy atom. The summed E-state index contributed by atoms with van der Waals surface area (Å²) in [5.41, 5.74) is 0.780. The molecule has 0 aliphatic heterocycles. The van der Waals surface area contributed by atoms with Crippen LogP contribution in [0.4, 0.5) is 0 Å². The van der Waals surface area contributed by atoms with Crippen LogP contribution in [0, 0.1) is 46.3 Å². The van der Waals surface area contributed by atoms with Gasteiger partial charge in [0.25, 0.3) is 0 Å². The van der Waals surface area contributed by atoms with Crippen molar-refractivity contribution >= 4 is 22.9 Å². The Morgan fingerprint density at radius 3 is 1.93 bits per heavy atom. The van der Waals surface area contributed by atoms with Gasteiger partial charge < -0.3 is 13.6 Å². The van der Waals surface area contributed by atoms with Crippen LogP contribution in [0.25, 0.3) is 0 Å². The number of carbonyl (C=O) groups excluding carboxylic acids is 1. The van der Waals surface area contributed by atoms with Crippen molar-refractivity contribution in [2.75, 3.05) is 0 Å². The van der Waals surface area contributed by atoms with Crippen molar-refractivity contribution in [3.63, 3.8) is 0 Å². The summed E-state index contributed by atoms with van der Waals surface area (Å²) in [6, 6.07) is 0. The van der Waals surface area contributed by atoms with Crippen molar-refractivity contribution in [1.29, 1.82) is 0 Å². The molecule has 0 aromatic carbocycles. The van der Waals surface area contributed by atoms with Crippen molar-refractivity contribution in [2.24, 2.45) is 46.3 Å². The van der Waals surface area contributed by atoms with E-state index < -0.39 is 16.6 Å². The number of hydrogen-bond donors (Lipinski definition) is 0. The van der Waals surface area contributed by atoms with E-state index >= 15 is 0 Å². The third-order valence-corrected chi connectivity index (χ3v) is 23.7. The van der Waals surface area contributed by atoms with Gasteiger partial charge in [0.05, 0.1) is 0 Å². The molecule has 3 nitrogen and oxygen atoms in total. The molecule has 4 fully saturated rings. The highest BCUT2D eigenvalue weighted by atomic mass is 28.4.